The van der Waals surface area contributed by atoms with Gasteiger partial charge in [-0.25, -0.2) is 0 Å². The SMILES string of the molecule is COCC(CCO)NC1CSCc2ccccc21. The quantitative estimate of drug-likeness (QED) is 0.827. The summed E-state index contributed by atoms with van der Waals surface area (Å²) in [6, 6.07) is 9.19. The van der Waals surface area contributed by atoms with E-state index in [9.17, 15) is 0 Å². The Bertz CT molecular complexity index is 367. The zero-order valence-corrected chi connectivity index (χ0v) is 11.6. The lowest BCUT2D eigenvalue weighted by Crippen LogP contribution is -2.39. The van der Waals surface area contributed by atoms with Crippen LogP contribution in [0.3, 0.4) is 0 Å². The fraction of sp³-hybridized carbons (Fsp3) is 0.571. The number of fused-ring (bicyclic) bond motifs is 1. The first-order chi connectivity index (χ1) is 8.85. The van der Waals surface area contributed by atoms with Crippen molar-refractivity contribution in [3.8, 4) is 0 Å². The lowest BCUT2D eigenvalue weighted by Gasteiger charge is -2.30. The van der Waals surface area contributed by atoms with E-state index in [0.717, 1.165) is 17.9 Å². The van der Waals surface area contributed by atoms with Gasteiger partial charge in [-0.3, -0.25) is 0 Å². The van der Waals surface area contributed by atoms with Crippen molar-refractivity contribution in [1.29, 1.82) is 0 Å². The molecule has 1 heterocycles. The molecule has 1 aromatic rings. The molecule has 1 aliphatic heterocycles. The molecule has 3 nitrogen and oxygen atoms in total. The van der Waals surface area contributed by atoms with Crippen LogP contribution in [0, 0.1) is 0 Å². The maximum absolute atomic E-state index is 9.09. The van der Waals surface area contributed by atoms with Gasteiger partial charge in [0, 0.05) is 37.3 Å². The van der Waals surface area contributed by atoms with Crippen molar-refractivity contribution in [2.45, 2.75) is 24.3 Å². The number of methoxy groups -OCH3 is 1. The topological polar surface area (TPSA) is 41.5 Å². The molecule has 1 aromatic carbocycles. The first kappa shape index (κ1) is 13.9. The number of ether oxygens (including phenoxy) is 1. The first-order valence-electron chi connectivity index (χ1n) is 6.36. The van der Waals surface area contributed by atoms with E-state index in [2.05, 4.69) is 29.6 Å². The van der Waals surface area contributed by atoms with Gasteiger partial charge in [0.15, 0.2) is 0 Å². The van der Waals surface area contributed by atoms with Crippen LogP contribution in [-0.4, -0.2) is 37.2 Å². The highest BCUT2D eigenvalue weighted by Gasteiger charge is 2.22. The third kappa shape index (κ3) is 3.48. The van der Waals surface area contributed by atoms with Gasteiger partial charge in [-0.2, -0.15) is 11.8 Å². The third-order valence-electron chi connectivity index (χ3n) is 3.25. The number of benzene rings is 1. The third-order valence-corrected chi connectivity index (χ3v) is 4.34. The Morgan fingerprint density at radius 2 is 2.33 bits per heavy atom. The van der Waals surface area contributed by atoms with E-state index in [1.165, 1.54) is 11.1 Å². The molecule has 1 aliphatic rings. The summed E-state index contributed by atoms with van der Waals surface area (Å²) in [5.41, 5.74) is 2.82. The number of thioether (sulfide) groups is 1. The van der Waals surface area contributed by atoms with Crippen LogP contribution >= 0.6 is 11.8 Å². The average Bonchev–Trinajstić information content (AvgIpc) is 2.40. The fourth-order valence-electron chi connectivity index (χ4n) is 2.38. The summed E-state index contributed by atoms with van der Waals surface area (Å²) in [5.74, 6) is 2.19. The van der Waals surface area contributed by atoms with E-state index < -0.39 is 0 Å². The molecule has 2 rings (SSSR count). The van der Waals surface area contributed by atoms with Crippen LogP contribution in [0.4, 0.5) is 0 Å². The average molecular weight is 267 g/mol. The Labute approximate surface area is 113 Å². The molecule has 2 unspecified atom stereocenters. The van der Waals surface area contributed by atoms with Crippen LogP contribution < -0.4 is 5.32 Å². The highest BCUT2D eigenvalue weighted by molar-refractivity contribution is 7.98. The maximum Gasteiger partial charge on any atom is 0.0616 e. The molecule has 0 amide bonds. The minimum Gasteiger partial charge on any atom is -0.396 e. The van der Waals surface area contributed by atoms with E-state index in [0.29, 0.717) is 12.6 Å². The number of aliphatic hydroxyl groups is 1. The molecule has 100 valence electrons. The maximum atomic E-state index is 9.09. The number of nitrogens with one attached hydrogen (secondary N) is 1. The lowest BCUT2D eigenvalue weighted by atomic mass is 10.0. The van der Waals surface area contributed by atoms with Gasteiger partial charge < -0.3 is 15.2 Å². The van der Waals surface area contributed by atoms with Crippen LogP contribution in [0.5, 0.6) is 0 Å². The highest BCUT2D eigenvalue weighted by atomic mass is 32.2. The molecule has 0 fully saturated rings. The summed E-state index contributed by atoms with van der Waals surface area (Å²) in [4.78, 5) is 0. The molecule has 0 aromatic heterocycles. The number of hydrogen-bond acceptors (Lipinski definition) is 4. The summed E-state index contributed by atoms with van der Waals surface area (Å²) in [7, 11) is 1.70. The van der Waals surface area contributed by atoms with Crippen LogP contribution in [0.15, 0.2) is 24.3 Å². The molecule has 4 heteroatoms. The van der Waals surface area contributed by atoms with Crippen molar-refractivity contribution in [1.82, 2.24) is 5.32 Å². The molecular weight excluding hydrogens is 246 g/mol. The standard InChI is InChI=1S/C14H21NO2S/c1-17-8-12(6-7-16)15-14-10-18-9-11-4-2-3-5-13(11)14/h2-5,12,14-16H,6-10H2,1H3. The first-order valence-corrected chi connectivity index (χ1v) is 7.52. The largest absolute Gasteiger partial charge is 0.396 e. The van der Waals surface area contributed by atoms with E-state index in [1.807, 2.05) is 11.8 Å². The fourth-order valence-corrected chi connectivity index (χ4v) is 3.49. The second-order valence-corrected chi connectivity index (χ2v) is 5.63. The van der Waals surface area contributed by atoms with E-state index in [1.54, 1.807) is 7.11 Å². The molecule has 18 heavy (non-hydrogen) atoms. The summed E-state index contributed by atoms with van der Waals surface area (Å²) in [6.45, 7) is 0.840. The zero-order chi connectivity index (χ0) is 12.8. The van der Waals surface area contributed by atoms with Gasteiger partial charge in [0.05, 0.1) is 6.61 Å². The van der Waals surface area contributed by atoms with Crippen LogP contribution in [0.2, 0.25) is 0 Å². The molecule has 0 bridgehead atoms. The van der Waals surface area contributed by atoms with Crippen molar-refractivity contribution in [2.24, 2.45) is 0 Å². The van der Waals surface area contributed by atoms with Crippen LogP contribution in [0.1, 0.15) is 23.6 Å². The minimum absolute atomic E-state index is 0.197. The van der Waals surface area contributed by atoms with E-state index in [-0.39, 0.29) is 12.6 Å². The molecule has 0 spiro atoms. The summed E-state index contributed by atoms with van der Waals surface area (Å²) in [5, 5.41) is 12.7. The van der Waals surface area contributed by atoms with Crippen molar-refractivity contribution < 1.29 is 9.84 Å². The molecule has 2 atom stereocenters. The van der Waals surface area contributed by atoms with E-state index >= 15 is 0 Å². The molecule has 0 radical (unpaired) electrons. The second-order valence-electron chi connectivity index (χ2n) is 4.60. The summed E-state index contributed by atoms with van der Waals surface area (Å²) < 4.78 is 5.21. The Morgan fingerprint density at radius 3 is 3.11 bits per heavy atom. The minimum atomic E-state index is 0.197. The van der Waals surface area contributed by atoms with Crippen molar-refractivity contribution in [3.05, 3.63) is 35.4 Å². The number of hydrogen-bond donors (Lipinski definition) is 2. The Hall–Kier alpha value is -0.550. The normalized spacial score (nSPS) is 20.4. The Balaban J connectivity index is 2.05. The Morgan fingerprint density at radius 1 is 1.50 bits per heavy atom. The number of aliphatic hydroxyl groups excluding tert-OH is 1. The summed E-state index contributed by atoms with van der Waals surface area (Å²) in [6.07, 6.45) is 0.733. The van der Waals surface area contributed by atoms with Gasteiger partial charge in [-0.05, 0) is 17.5 Å². The second kappa shape index (κ2) is 7.14. The molecule has 0 saturated heterocycles. The van der Waals surface area contributed by atoms with Crippen molar-refractivity contribution in [2.75, 3.05) is 26.1 Å². The predicted molar refractivity (Wildman–Crippen MR) is 75.8 cm³/mol. The van der Waals surface area contributed by atoms with Gasteiger partial charge in [0.25, 0.3) is 0 Å². The number of rotatable bonds is 6. The van der Waals surface area contributed by atoms with Gasteiger partial charge in [-0.15, -0.1) is 0 Å². The molecule has 0 aliphatic carbocycles. The van der Waals surface area contributed by atoms with E-state index in [4.69, 9.17) is 9.84 Å². The predicted octanol–water partition coefficient (Wildman–Crippen LogP) is 1.96. The van der Waals surface area contributed by atoms with Crippen molar-refractivity contribution >= 4 is 11.8 Å². The van der Waals surface area contributed by atoms with Gasteiger partial charge >= 0.3 is 0 Å². The van der Waals surface area contributed by atoms with Crippen molar-refractivity contribution in [3.63, 3.8) is 0 Å². The Kier molecular flexibility index (Phi) is 5.50. The highest BCUT2D eigenvalue weighted by Crippen LogP contribution is 2.31. The van der Waals surface area contributed by atoms with Crippen LogP contribution in [0.25, 0.3) is 0 Å². The molecule has 2 N–H and O–H groups in total. The van der Waals surface area contributed by atoms with Gasteiger partial charge in [0.2, 0.25) is 0 Å². The van der Waals surface area contributed by atoms with Gasteiger partial charge in [-0.1, -0.05) is 24.3 Å². The van der Waals surface area contributed by atoms with Gasteiger partial charge in [0.1, 0.15) is 0 Å². The lowest BCUT2D eigenvalue weighted by molar-refractivity contribution is 0.144. The molecular formula is C14H21NO2S. The smallest absolute Gasteiger partial charge is 0.0616 e. The van der Waals surface area contributed by atoms with Crippen LogP contribution in [-0.2, 0) is 10.5 Å². The monoisotopic (exact) mass is 267 g/mol. The summed E-state index contributed by atoms with van der Waals surface area (Å²) >= 11 is 1.96. The molecule has 0 saturated carbocycles. The zero-order valence-electron chi connectivity index (χ0n) is 10.8.